The van der Waals surface area contributed by atoms with E-state index in [4.69, 9.17) is 16.3 Å². The average Bonchev–Trinajstić information content (AvgIpc) is 3.46. The number of benzene rings is 2. The van der Waals surface area contributed by atoms with E-state index in [1.165, 1.54) is 35.6 Å². The molecule has 0 fully saturated rings. The summed E-state index contributed by atoms with van der Waals surface area (Å²) in [6, 6.07) is 13.0. The maximum Gasteiger partial charge on any atom is 0.253 e. The Kier molecular flexibility index (Phi) is 6.47. The number of nitrogens with zero attached hydrogens (tertiary/aromatic N) is 1. The van der Waals surface area contributed by atoms with Crippen molar-refractivity contribution in [1.29, 1.82) is 0 Å². The quantitative estimate of drug-likeness (QED) is 0.326. The summed E-state index contributed by atoms with van der Waals surface area (Å²) in [5.74, 6) is 0.847. The number of thiophene rings is 1. The van der Waals surface area contributed by atoms with Crippen molar-refractivity contribution in [2.24, 2.45) is 0 Å². The molecule has 0 bridgehead atoms. The Bertz CT molecular complexity index is 1350. The van der Waals surface area contributed by atoms with Crippen LogP contribution < -0.4 is 14.8 Å². The van der Waals surface area contributed by atoms with Crippen molar-refractivity contribution in [2.75, 3.05) is 20.2 Å². The fourth-order valence-electron chi connectivity index (χ4n) is 3.10. The van der Waals surface area contributed by atoms with Gasteiger partial charge in [0.15, 0.2) is 0 Å². The third-order valence-corrected chi connectivity index (χ3v) is 7.26. The molecular weight excluding hydrogens is 472 g/mol. The number of carbonyl (C=O) groups is 1. The normalized spacial score (nSPS) is 11.6. The first kappa shape index (κ1) is 22.3. The van der Waals surface area contributed by atoms with E-state index >= 15 is 0 Å². The summed E-state index contributed by atoms with van der Waals surface area (Å²) < 4.78 is 32.5. The number of halogens is 1. The lowest BCUT2D eigenvalue weighted by atomic mass is 10.1. The minimum absolute atomic E-state index is 0.0248. The van der Waals surface area contributed by atoms with E-state index in [-0.39, 0.29) is 23.9 Å². The topological polar surface area (TPSA) is 113 Å². The lowest BCUT2D eigenvalue weighted by molar-refractivity contribution is 0.0956. The molecule has 0 saturated heterocycles. The summed E-state index contributed by atoms with van der Waals surface area (Å²) in [7, 11) is -2.15. The standard InChI is InChI=1S/C21H19ClN4O4S2/c1-30-16-9-8-15(18-19(16)26-20(25-18)17-3-2-12-31-17)21(27)23-10-11-24-32(28,29)14-6-4-13(22)5-7-14/h2-9,12,24H,10-11H2,1H3,(H,23,27)(H,25,26). The molecule has 32 heavy (non-hydrogen) atoms. The summed E-state index contributed by atoms with van der Waals surface area (Å²) in [4.78, 5) is 21.6. The number of rotatable bonds is 8. The zero-order valence-corrected chi connectivity index (χ0v) is 19.3. The van der Waals surface area contributed by atoms with Gasteiger partial charge in [-0.1, -0.05) is 17.7 Å². The number of aromatic nitrogens is 2. The Morgan fingerprint density at radius 3 is 2.62 bits per heavy atom. The van der Waals surface area contributed by atoms with Gasteiger partial charge in [0.1, 0.15) is 22.6 Å². The van der Waals surface area contributed by atoms with Crippen molar-refractivity contribution < 1.29 is 17.9 Å². The third-order valence-electron chi connectivity index (χ3n) is 4.65. The van der Waals surface area contributed by atoms with Crippen LogP contribution in [0.2, 0.25) is 5.02 Å². The van der Waals surface area contributed by atoms with Crippen molar-refractivity contribution in [3.8, 4) is 16.5 Å². The number of methoxy groups -OCH3 is 1. The minimum Gasteiger partial charge on any atom is -0.494 e. The number of aromatic amines is 1. The Morgan fingerprint density at radius 1 is 1.16 bits per heavy atom. The molecule has 0 aliphatic heterocycles. The molecule has 8 nitrogen and oxygen atoms in total. The molecule has 11 heteroatoms. The van der Waals surface area contributed by atoms with Crippen LogP contribution in [0.1, 0.15) is 10.4 Å². The summed E-state index contributed by atoms with van der Waals surface area (Å²) in [6.07, 6.45) is 0. The molecular formula is C21H19ClN4O4S2. The predicted octanol–water partition coefficient (Wildman–Crippen LogP) is 3.66. The Labute approximate surface area is 193 Å². The number of amides is 1. The van der Waals surface area contributed by atoms with Gasteiger partial charge >= 0.3 is 0 Å². The number of imidazole rings is 1. The fraction of sp³-hybridized carbons (Fsp3) is 0.143. The van der Waals surface area contributed by atoms with E-state index in [1.54, 1.807) is 19.2 Å². The average molecular weight is 491 g/mol. The first-order valence-corrected chi connectivity index (χ1v) is 12.3. The molecule has 4 rings (SSSR count). The zero-order valence-electron chi connectivity index (χ0n) is 16.9. The van der Waals surface area contributed by atoms with E-state index < -0.39 is 10.0 Å². The first-order chi connectivity index (χ1) is 15.4. The maximum absolute atomic E-state index is 12.8. The van der Waals surface area contributed by atoms with Crippen LogP contribution in [0.5, 0.6) is 5.75 Å². The zero-order chi connectivity index (χ0) is 22.7. The number of H-pyrrole nitrogens is 1. The van der Waals surface area contributed by atoms with E-state index in [0.717, 1.165) is 4.88 Å². The molecule has 0 unspecified atom stereocenters. The van der Waals surface area contributed by atoms with Gasteiger partial charge in [0.05, 0.1) is 22.4 Å². The highest BCUT2D eigenvalue weighted by Gasteiger charge is 2.18. The van der Waals surface area contributed by atoms with Crippen LogP contribution in [0.25, 0.3) is 21.7 Å². The van der Waals surface area contributed by atoms with Gasteiger partial charge < -0.3 is 15.0 Å². The second-order valence-corrected chi connectivity index (χ2v) is 9.86. The number of hydrogen-bond acceptors (Lipinski definition) is 6. The first-order valence-electron chi connectivity index (χ1n) is 9.53. The molecule has 0 atom stereocenters. The second kappa shape index (κ2) is 9.29. The van der Waals surface area contributed by atoms with Crippen LogP contribution in [0.3, 0.4) is 0 Å². The number of carbonyl (C=O) groups excluding carboxylic acids is 1. The molecule has 0 radical (unpaired) electrons. The van der Waals surface area contributed by atoms with E-state index in [2.05, 4.69) is 20.0 Å². The van der Waals surface area contributed by atoms with Gasteiger partial charge in [-0.05, 0) is 47.8 Å². The Morgan fingerprint density at radius 2 is 1.94 bits per heavy atom. The molecule has 4 aromatic rings. The molecule has 0 saturated carbocycles. The van der Waals surface area contributed by atoms with Crippen molar-refractivity contribution in [2.45, 2.75) is 4.90 Å². The second-order valence-electron chi connectivity index (χ2n) is 6.71. The summed E-state index contributed by atoms with van der Waals surface area (Å²) >= 11 is 7.32. The summed E-state index contributed by atoms with van der Waals surface area (Å²) in [6.45, 7) is 0.123. The molecule has 1 amide bonds. The molecule has 166 valence electrons. The lowest BCUT2D eigenvalue weighted by Gasteiger charge is -2.09. The number of sulfonamides is 1. The van der Waals surface area contributed by atoms with Crippen molar-refractivity contribution in [1.82, 2.24) is 20.0 Å². The van der Waals surface area contributed by atoms with Crippen LogP contribution in [0.4, 0.5) is 0 Å². The van der Waals surface area contributed by atoms with Gasteiger partial charge in [0.25, 0.3) is 5.91 Å². The van der Waals surface area contributed by atoms with Crippen molar-refractivity contribution >= 4 is 49.9 Å². The van der Waals surface area contributed by atoms with Crippen molar-refractivity contribution in [3.63, 3.8) is 0 Å². The number of fused-ring (bicyclic) bond motifs is 1. The van der Waals surface area contributed by atoms with Gasteiger partial charge in [-0.25, -0.2) is 18.1 Å². The number of nitrogens with one attached hydrogen (secondary N) is 3. The molecule has 2 aromatic heterocycles. The van der Waals surface area contributed by atoms with Crippen LogP contribution in [-0.2, 0) is 10.0 Å². The van der Waals surface area contributed by atoms with Gasteiger partial charge in [0, 0.05) is 18.1 Å². The molecule has 2 heterocycles. The lowest BCUT2D eigenvalue weighted by Crippen LogP contribution is -2.34. The smallest absolute Gasteiger partial charge is 0.253 e. The van der Waals surface area contributed by atoms with Crippen LogP contribution in [0, 0.1) is 0 Å². The summed E-state index contributed by atoms with van der Waals surface area (Å²) in [5, 5.41) is 5.12. The van der Waals surface area contributed by atoms with Gasteiger partial charge in [-0.2, -0.15) is 0 Å². The van der Waals surface area contributed by atoms with Gasteiger partial charge in [-0.3, -0.25) is 4.79 Å². The van der Waals surface area contributed by atoms with Crippen LogP contribution >= 0.6 is 22.9 Å². The van der Waals surface area contributed by atoms with Crippen LogP contribution in [0.15, 0.2) is 58.8 Å². The molecule has 2 aromatic carbocycles. The Balaban J connectivity index is 1.46. The Hall–Kier alpha value is -2.92. The summed E-state index contributed by atoms with van der Waals surface area (Å²) in [5.41, 5.74) is 1.46. The maximum atomic E-state index is 12.8. The molecule has 0 spiro atoms. The largest absolute Gasteiger partial charge is 0.494 e. The van der Waals surface area contributed by atoms with Gasteiger partial charge in [-0.15, -0.1) is 11.3 Å². The monoisotopic (exact) mass is 490 g/mol. The highest BCUT2D eigenvalue weighted by molar-refractivity contribution is 7.89. The highest BCUT2D eigenvalue weighted by atomic mass is 35.5. The van der Waals surface area contributed by atoms with E-state index in [9.17, 15) is 13.2 Å². The van der Waals surface area contributed by atoms with Gasteiger partial charge in [0.2, 0.25) is 10.0 Å². The van der Waals surface area contributed by atoms with Crippen LogP contribution in [-0.4, -0.2) is 44.5 Å². The van der Waals surface area contributed by atoms with E-state index in [0.29, 0.717) is 33.2 Å². The molecule has 0 aliphatic rings. The molecule has 0 aliphatic carbocycles. The van der Waals surface area contributed by atoms with Crippen molar-refractivity contribution in [3.05, 3.63) is 64.5 Å². The number of hydrogen-bond donors (Lipinski definition) is 3. The molecule has 3 N–H and O–H groups in total. The number of ether oxygens (including phenoxy) is 1. The van der Waals surface area contributed by atoms with E-state index in [1.807, 2.05) is 17.5 Å². The minimum atomic E-state index is -3.70. The third kappa shape index (κ3) is 4.63. The SMILES string of the molecule is COc1ccc(C(=O)NCCNS(=O)(=O)c2ccc(Cl)cc2)c2nc(-c3cccs3)[nH]c12. The fourth-order valence-corrected chi connectivity index (χ4v) is 4.93. The highest BCUT2D eigenvalue weighted by Crippen LogP contribution is 2.31. The predicted molar refractivity (Wildman–Crippen MR) is 125 cm³/mol.